The number of benzene rings is 1. The van der Waals surface area contributed by atoms with E-state index in [0.29, 0.717) is 5.82 Å². The number of rotatable bonds is 1. The van der Waals surface area contributed by atoms with Crippen molar-refractivity contribution in [2.75, 3.05) is 11.9 Å². The molecule has 0 fully saturated rings. The molecule has 3 nitrogen and oxygen atoms in total. The summed E-state index contributed by atoms with van der Waals surface area (Å²) in [7, 11) is 1.98. The zero-order valence-corrected chi connectivity index (χ0v) is 13.5. The first-order valence-electron chi connectivity index (χ1n) is 6.98. The summed E-state index contributed by atoms with van der Waals surface area (Å²) in [4.78, 5) is 7.87. The maximum absolute atomic E-state index is 7.29. The second-order valence-corrected chi connectivity index (χ2v) is 5.72. The molecule has 0 unspecified atom stereocenters. The Morgan fingerprint density at radius 2 is 1.40 bits per heavy atom. The molecule has 1 heterocycles. The molecule has 0 saturated carbocycles. The minimum atomic E-state index is 0.179. The average Bonchev–Trinajstić information content (AvgIpc) is 2.71. The molecule has 0 bridgehead atoms. The lowest BCUT2D eigenvalue weighted by Gasteiger charge is -2.30. The fraction of sp³-hybridized carbons (Fsp3) is 0.471. The van der Waals surface area contributed by atoms with Crippen LogP contribution < -0.4 is 4.90 Å². The van der Waals surface area contributed by atoms with Crippen LogP contribution in [0.5, 0.6) is 0 Å². The Labute approximate surface area is 122 Å². The molecule has 1 aliphatic rings. The second kappa shape index (κ2) is 4.86. The van der Waals surface area contributed by atoms with Gasteiger partial charge in [-0.25, -0.2) is 0 Å². The van der Waals surface area contributed by atoms with Gasteiger partial charge in [0.1, 0.15) is 0 Å². The van der Waals surface area contributed by atoms with E-state index in [0.717, 1.165) is 0 Å². The van der Waals surface area contributed by atoms with Crippen LogP contribution in [-0.4, -0.2) is 18.1 Å². The van der Waals surface area contributed by atoms with Gasteiger partial charge in [0.15, 0.2) is 6.17 Å². The Kier molecular flexibility index (Phi) is 3.52. The van der Waals surface area contributed by atoms with Gasteiger partial charge in [0.05, 0.1) is 7.05 Å². The third-order valence-corrected chi connectivity index (χ3v) is 4.91. The Morgan fingerprint density at radius 3 is 1.80 bits per heavy atom. The van der Waals surface area contributed by atoms with E-state index in [1.54, 1.807) is 0 Å². The standard InChI is InChI=1S/C17H23N3/c1-10-11(2)13(4)17(14(5)12(10)3)20-9-16(18-7)19(8)15(20)6/h9,15H,1-6,8H3/t15-/m0/s1. The van der Waals surface area contributed by atoms with E-state index in [1.807, 2.05) is 18.1 Å². The molecule has 0 radical (unpaired) electrons. The zero-order chi connectivity index (χ0) is 15.2. The molecule has 2 rings (SSSR count). The van der Waals surface area contributed by atoms with Crippen molar-refractivity contribution < 1.29 is 0 Å². The fourth-order valence-electron chi connectivity index (χ4n) is 2.93. The lowest BCUT2D eigenvalue weighted by atomic mass is 9.92. The molecule has 0 aromatic heterocycles. The predicted octanol–water partition coefficient (Wildman–Crippen LogP) is 4.04. The third-order valence-electron chi connectivity index (χ3n) is 4.91. The summed E-state index contributed by atoms with van der Waals surface area (Å²) in [6.07, 6.45) is 2.15. The summed E-state index contributed by atoms with van der Waals surface area (Å²) >= 11 is 0. The maximum Gasteiger partial charge on any atom is 0.243 e. The number of hydrogen-bond acceptors (Lipinski definition) is 2. The van der Waals surface area contributed by atoms with Crippen LogP contribution in [0.15, 0.2) is 12.0 Å². The number of hydrogen-bond donors (Lipinski definition) is 0. The minimum absolute atomic E-state index is 0.179. The lowest BCUT2D eigenvalue weighted by molar-refractivity contribution is 0.364. The van der Waals surface area contributed by atoms with Gasteiger partial charge >= 0.3 is 0 Å². The Bertz CT molecular complexity index is 606. The second-order valence-electron chi connectivity index (χ2n) is 5.72. The van der Waals surface area contributed by atoms with E-state index in [1.165, 1.54) is 33.5 Å². The van der Waals surface area contributed by atoms with Gasteiger partial charge in [0, 0.05) is 11.9 Å². The van der Waals surface area contributed by atoms with Crippen molar-refractivity contribution in [3.05, 3.63) is 51.3 Å². The monoisotopic (exact) mass is 269 g/mol. The van der Waals surface area contributed by atoms with Crippen LogP contribution in [0.1, 0.15) is 34.7 Å². The molecule has 0 aliphatic carbocycles. The quantitative estimate of drug-likeness (QED) is 0.712. The highest BCUT2D eigenvalue weighted by molar-refractivity contribution is 5.68. The minimum Gasteiger partial charge on any atom is -0.363 e. The van der Waals surface area contributed by atoms with E-state index < -0.39 is 0 Å². The first-order chi connectivity index (χ1) is 9.31. The van der Waals surface area contributed by atoms with Crippen LogP contribution in [0.2, 0.25) is 0 Å². The molecule has 20 heavy (non-hydrogen) atoms. The van der Waals surface area contributed by atoms with Crippen molar-refractivity contribution in [3.8, 4) is 0 Å². The van der Waals surface area contributed by atoms with Crippen molar-refractivity contribution in [3.63, 3.8) is 0 Å². The van der Waals surface area contributed by atoms with E-state index in [4.69, 9.17) is 6.57 Å². The molecule has 106 valence electrons. The predicted molar refractivity (Wildman–Crippen MR) is 84.5 cm³/mol. The van der Waals surface area contributed by atoms with Gasteiger partial charge in [-0.05, 0) is 69.4 Å². The van der Waals surface area contributed by atoms with Crippen LogP contribution in [0.25, 0.3) is 4.85 Å². The molecule has 1 atom stereocenters. The smallest absolute Gasteiger partial charge is 0.243 e. The Morgan fingerprint density at radius 1 is 0.950 bits per heavy atom. The summed E-state index contributed by atoms with van der Waals surface area (Å²) in [5.74, 6) is 0.701. The maximum atomic E-state index is 7.29. The molecular formula is C17H23N3. The van der Waals surface area contributed by atoms with Gasteiger partial charge in [0.2, 0.25) is 5.82 Å². The largest absolute Gasteiger partial charge is 0.363 e. The summed E-state index contributed by atoms with van der Waals surface area (Å²) in [5, 5.41) is 0. The van der Waals surface area contributed by atoms with Crippen molar-refractivity contribution in [2.45, 2.75) is 47.7 Å². The highest BCUT2D eigenvalue weighted by Crippen LogP contribution is 2.37. The van der Waals surface area contributed by atoms with Gasteiger partial charge in [-0.1, -0.05) is 6.57 Å². The van der Waals surface area contributed by atoms with Crippen LogP contribution in [-0.2, 0) is 0 Å². The highest BCUT2D eigenvalue weighted by Gasteiger charge is 2.31. The van der Waals surface area contributed by atoms with Gasteiger partial charge in [0.25, 0.3) is 0 Å². The molecule has 1 aromatic rings. The molecule has 0 spiro atoms. The number of anilines is 1. The van der Waals surface area contributed by atoms with Crippen LogP contribution in [0.3, 0.4) is 0 Å². The Balaban J connectivity index is 2.67. The summed E-state index contributed by atoms with van der Waals surface area (Å²) in [6, 6.07) is 0. The first-order valence-corrected chi connectivity index (χ1v) is 6.98. The molecule has 3 heteroatoms. The van der Waals surface area contributed by atoms with Crippen LogP contribution in [0, 0.1) is 41.2 Å². The first kappa shape index (κ1) is 14.5. The molecule has 0 N–H and O–H groups in total. The van der Waals surface area contributed by atoms with Crippen LogP contribution in [0.4, 0.5) is 5.69 Å². The topological polar surface area (TPSA) is 10.8 Å². The van der Waals surface area contributed by atoms with Gasteiger partial charge in [-0.15, -0.1) is 0 Å². The summed E-state index contributed by atoms with van der Waals surface area (Å²) < 4.78 is 0. The Hall–Kier alpha value is -1.95. The van der Waals surface area contributed by atoms with Gasteiger partial charge in [-0.3, -0.25) is 0 Å². The molecule has 0 amide bonds. The van der Waals surface area contributed by atoms with Crippen molar-refractivity contribution in [2.24, 2.45) is 0 Å². The number of nitrogens with zero attached hydrogens (tertiary/aromatic N) is 3. The van der Waals surface area contributed by atoms with E-state index in [9.17, 15) is 0 Å². The molecule has 1 aromatic carbocycles. The SMILES string of the molecule is [C-]#[N+]C1=CN(c2c(C)c(C)c(C)c(C)c2C)[C@@H](C)N1C. The van der Waals surface area contributed by atoms with E-state index in [-0.39, 0.29) is 6.17 Å². The lowest BCUT2D eigenvalue weighted by Crippen LogP contribution is -2.35. The summed E-state index contributed by atoms with van der Waals surface area (Å²) in [5.41, 5.74) is 7.95. The molecule has 1 aliphatic heterocycles. The van der Waals surface area contributed by atoms with Crippen LogP contribution >= 0.6 is 0 Å². The van der Waals surface area contributed by atoms with Gasteiger partial charge in [-0.2, -0.15) is 0 Å². The third kappa shape index (κ3) is 1.87. The van der Waals surface area contributed by atoms with Crippen molar-refractivity contribution in [1.82, 2.24) is 4.90 Å². The average molecular weight is 269 g/mol. The molecular weight excluding hydrogens is 246 g/mol. The fourth-order valence-corrected chi connectivity index (χ4v) is 2.93. The molecule has 0 saturated heterocycles. The van der Waals surface area contributed by atoms with E-state index >= 15 is 0 Å². The zero-order valence-electron chi connectivity index (χ0n) is 13.5. The van der Waals surface area contributed by atoms with E-state index in [2.05, 4.69) is 51.3 Å². The summed E-state index contributed by atoms with van der Waals surface area (Å²) in [6.45, 7) is 20.3. The van der Waals surface area contributed by atoms with Gasteiger partial charge < -0.3 is 14.6 Å². The normalized spacial score (nSPS) is 18.3. The van der Waals surface area contributed by atoms with Crippen molar-refractivity contribution >= 4 is 5.69 Å². The highest BCUT2D eigenvalue weighted by atomic mass is 15.4. The van der Waals surface area contributed by atoms with Crippen molar-refractivity contribution in [1.29, 1.82) is 0 Å².